The fourth-order valence-corrected chi connectivity index (χ4v) is 2.96. The Kier molecular flexibility index (Phi) is 4.51. The number of nitrogens with one attached hydrogen (secondary N) is 1. The molecule has 15 heavy (non-hydrogen) atoms. The predicted octanol–water partition coefficient (Wildman–Crippen LogP) is 0.0424. The van der Waals surface area contributed by atoms with E-state index in [1.165, 1.54) is 4.31 Å². The van der Waals surface area contributed by atoms with Crippen molar-refractivity contribution in [3.63, 3.8) is 0 Å². The largest absolute Gasteiger partial charge is 0.328 e. The molecule has 1 fully saturated rings. The maximum absolute atomic E-state index is 11.7. The van der Waals surface area contributed by atoms with Crippen LogP contribution in [0.2, 0.25) is 0 Å². The van der Waals surface area contributed by atoms with Crippen molar-refractivity contribution in [3.05, 3.63) is 0 Å². The minimum absolute atomic E-state index is 0.00718. The zero-order valence-corrected chi connectivity index (χ0v) is 10.3. The van der Waals surface area contributed by atoms with E-state index in [1.54, 1.807) is 7.05 Å². The van der Waals surface area contributed by atoms with E-state index < -0.39 is 10.2 Å². The Bertz CT molecular complexity index is 292. The van der Waals surface area contributed by atoms with Crippen LogP contribution >= 0.6 is 0 Å². The third-order valence-corrected chi connectivity index (χ3v) is 4.60. The molecule has 0 bridgehead atoms. The Labute approximate surface area is 92.2 Å². The van der Waals surface area contributed by atoms with Crippen molar-refractivity contribution in [1.29, 1.82) is 0 Å². The smallest absolute Gasteiger partial charge is 0.279 e. The highest BCUT2D eigenvalue weighted by atomic mass is 32.2. The second kappa shape index (κ2) is 5.25. The number of hydrogen-bond acceptors (Lipinski definition) is 3. The van der Waals surface area contributed by atoms with Crippen molar-refractivity contribution >= 4 is 10.2 Å². The van der Waals surface area contributed by atoms with Crippen molar-refractivity contribution in [1.82, 2.24) is 9.03 Å². The summed E-state index contributed by atoms with van der Waals surface area (Å²) in [6.45, 7) is 2.29. The highest BCUT2D eigenvalue weighted by Gasteiger charge is 2.25. The van der Waals surface area contributed by atoms with Crippen LogP contribution in [0.4, 0.5) is 0 Å². The van der Waals surface area contributed by atoms with E-state index in [0.717, 1.165) is 25.7 Å². The van der Waals surface area contributed by atoms with Gasteiger partial charge in [-0.15, -0.1) is 0 Å². The van der Waals surface area contributed by atoms with Crippen LogP contribution in [0.1, 0.15) is 32.6 Å². The molecule has 3 N–H and O–H groups in total. The van der Waals surface area contributed by atoms with E-state index in [-0.39, 0.29) is 12.1 Å². The van der Waals surface area contributed by atoms with Crippen LogP contribution in [0.5, 0.6) is 0 Å². The maximum Gasteiger partial charge on any atom is 0.279 e. The summed E-state index contributed by atoms with van der Waals surface area (Å²) in [6.07, 6.45) is 3.65. The molecule has 0 aromatic rings. The highest BCUT2D eigenvalue weighted by molar-refractivity contribution is 7.87. The van der Waals surface area contributed by atoms with Crippen LogP contribution in [-0.4, -0.2) is 38.4 Å². The lowest BCUT2D eigenvalue weighted by Crippen LogP contribution is -2.47. The van der Waals surface area contributed by atoms with Crippen molar-refractivity contribution < 1.29 is 8.42 Å². The van der Waals surface area contributed by atoms with Gasteiger partial charge in [0.2, 0.25) is 0 Å². The molecule has 0 amide bonds. The van der Waals surface area contributed by atoms with Crippen molar-refractivity contribution in [3.8, 4) is 0 Å². The van der Waals surface area contributed by atoms with Gasteiger partial charge in [0.25, 0.3) is 10.2 Å². The topological polar surface area (TPSA) is 75.4 Å². The summed E-state index contributed by atoms with van der Waals surface area (Å²) in [4.78, 5) is 0. The Morgan fingerprint density at radius 2 is 2.13 bits per heavy atom. The lowest BCUT2D eigenvalue weighted by molar-refractivity contribution is 0.361. The summed E-state index contributed by atoms with van der Waals surface area (Å²) < 4.78 is 27.4. The van der Waals surface area contributed by atoms with Crippen LogP contribution in [0.15, 0.2) is 0 Å². The fourth-order valence-electron chi connectivity index (χ4n) is 1.81. The van der Waals surface area contributed by atoms with Gasteiger partial charge < -0.3 is 5.73 Å². The quantitative estimate of drug-likeness (QED) is 0.722. The van der Waals surface area contributed by atoms with E-state index >= 15 is 0 Å². The van der Waals surface area contributed by atoms with Crippen molar-refractivity contribution in [2.75, 3.05) is 13.6 Å². The van der Waals surface area contributed by atoms with E-state index in [4.69, 9.17) is 5.73 Å². The van der Waals surface area contributed by atoms with Crippen molar-refractivity contribution in [2.24, 2.45) is 5.73 Å². The number of hydrogen-bond donors (Lipinski definition) is 2. The molecule has 2 atom stereocenters. The van der Waals surface area contributed by atoms with Crippen LogP contribution < -0.4 is 10.5 Å². The molecule has 2 unspecified atom stereocenters. The van der Waals surface area contributed by atoms with Gasteiger partial charge in [-0.05, 0) is 19.3 Å². The molecule has 90 valence electrons. The first kappa shape index (κ1) is 12.9. The molecule has 0 aliphatic heterocycles. The van der Waals surface area contributed by atoms with Crippen molar-refractivity contribution in [2.45, 2.75) is 44.7 Å². The van der Waals surface area contributed by atoms with Crippen LogP contribution in [0, 0.1) is 0 Å². The van der Waals surface area contributed by atoms with Gasteiger partial charge in [-0.1, -0.05) is 13.3 Å². The Balaban J connectivity index is 2.53. The second-order valence-corrected chi connectivity index (χ2v) is 5.97. The average Bonchev–Trinajstić information content (AvgIpc) is 2.15. The zero-order valence-electron chi connectivity index (χ0n) is 9.44. The molecular weight excluding hydrogens is 214 g/mol. The summed E-state index contributed by atoms with van der Waals surface area (Å²) in [5.41, 5.74) is 5.80. The molecule has 5 nitrogen and oxygen atoms in total. The Morgan fingerprint density at radius 1 is 1.47 bits per heavy atom. The highest BCUT2D eigenvalue weighted by Crippen LogP contribution is 2.17. The SMILES string of the molecule is CCN(C)S(=O)(=O)NC1CCCC(N)C1. The molecule has 0 aromatic carbocycles. The normalized spacial score (nSPS) is 28.3. The standard InChI is InChI=1S/C9H21N3O2S/c1-3-12(2)15(13,14)11-9-6-4-5-8(10)7-9/h8-9,11H,3-7,10H2,1-2H3. The number of rotatable bonds is 4. The lowest BCUT2D eigenvalue weighted by Gasteiger charge is -2.28. The molecule has 0 heterocycles. The first-order valence-corrected chi connectivity index (χ1v) is 6.89. The van der Waals surface area contributed by atoms with Gasteiger partial charge >= 0.3 is 0 Å². The fraction of sp³-hybridized carbons (Fsp3) is 1.00. The number of nitrogens with zero attached hydrogens (tertiary/aromatic N) is 1. The third kappa shape index (κ3) is 3.71. The van der Waals surface area contributed by atoms with Crippen LogP contribution in [-0.2, 0) is 10.2 Å². The average molecular weight is 235 g/mol. The minimum atomic E-state index is -3.31. The number of nitrogens with two attached hydrogens (primary N) is 1. The summed E-state index contributed by atoms with van der Waals surface area (Å²) >= 11 is 0. The van der Waals surface area contributed by atoms with E-state index in [9.17, 15) is 8.42 Å². The van der Waals surface area contributed by atoms with Crippen LogP contribution in [0.3, 0.4) is 0 Å². The molecule has 1 saturated carbocycles. The first-order chi connectivity index (χ1) is 6.95. The summed E-state index contributed by atoms with van der Waals surface area (Å²) in [6, 6.07) is 0.145. The molecule has 0 radical (unpaired) electrons. The Hall–Kier alpha value is -0.170. The third-order valence-electron chi connectivity index (χ3n) is 2.89. The zero-order chi connectivity index (χ0) is 11.5. The summed E-state index contributed by atoms with van der Waals surface area (Å²) in [7, 11) is -1.73. The molecular formula is C9H21N3O2S. The minimum Gasteiger partial charge on any atom is -0.328 e. The summed E-state index contributed by atoms with van der Waals surface area (Å²) in [5.74, 6) is 0. The van der Waals surface area contributed by atoms with E-state index in [2.05, 4.69) is 4.72 Å². The predicted molar refractivity (Wildman–Crippen MR) is 60.6 cm³/mol. The maximum atomic E-state index is 11.7. The van der Waals surface area contributed by atoms with Gasteiger partial charge in [0.15, 0.2) is 0 Å². The molecule has 0 saturated heterocycles. The summed E-state index contributed by atoms with van der Waals surface area (Å²) in [5, 5.41) is 0. The van der Waals surface area contributed by atoms with Gasteiger partial charge in [0.1, 0.15) is 0 Å². The van der Waals surface area contributed by atoms with Gasteiger partial charge in [-0.3, -0.25) is 0 Å². The van der Waals surface area contributed by atoms with Crippen LogP contribution in [0.25, 0.3) is 0 Å². The second-order valence-electron chi connectivity index (χ2n) is 4.16. The molecule has 1 aliphatic rings. The molecule has 1 aliphatic carbocycles. The molecule has 6 heteroatoms. The lowest BCUT2D eigenvalue weighted by atomic mass is 9.92. The van der Waals surface area contributed by atoms with E-state index in [1.807, 2.05) is 6.92 Å². The van der Waals surface area contributed by atoms with Gasteiger partial charge in [0.05, 0.1) is 0 Å². The van der Waals surface area contributed by atoms with Gasteiger partial charge in [0, 0.05) is 25.7 Å². The first-order valence-electron chi connectivity index (χ1n) is 5.45. The Morgan fingerprint density at radius 3 is 2.67 bits per heavy atom. The molecule has 0 aromatic heterocycles. The van der Waals surface area contributed by atoms with Gasteiger partial charge in [-0.25, -0.2) is 0 Å². The van der Waals surface area contributed by atoms with E-state index in [0.29, 0.717) is 6.54 Å². The molecule has 0 spiro atoms. The molecule has 1 rings (SSSR count). The van der Waals surface area contributed by atoms with Gasteiger partial charge in [-0.2, -0.15) is 17.4 Å². The monoisotopic (exact) mass is 235 g/mol.